The molecular formula is C25H20BrNO4. The van der Waals surface area contributed by atoms with Crippen molar-refractivity contribution in [1.82, 2.24) is 4.90 Å². The molecule has 156 valence electrons. The lowest BCUT2D eigenvalue weighted by molar-refractivity contribution is -0.124. The van der Waals surface area contributed by atoms with Crippen LogP contribution in [0.1, 0.15) is 22.7 Å². The van der Waals surface area contributed by atoms with E-state index in [1.807, 2.05) is 78.9 Å². The first-order valence-corrected chi connectivity index (χ1v) is 10.6. The van der Waals surface area contributed by atoms with E-state index in [1.54, 1.807) is 6.08 Å². The number of hydrogen-bond acceptors (Lipinski definition) is 4. The van der Waals surface area contributed by atoms with Gasteiger partial charge in [-0.2, -0.15) is 0 Å². The summed E-state index contributed by atoms with van der Waals surface area (Å²) in [7, 11) is 0. The van der Waals surface area contributed by atoms with Crippen LogP contribution in [0.2, 0.25) is 0 Å². The van der Waals surface area contributed by atoms with E-state index in [0.29, 0.717) is 12.4 Å². The molecule has 4 rings (SSSR count). The summed E-state index contributed by atoms with van der Waals surface area (Å²) in [4.78, 5) is 26.2. The number of carbonyl (C=O) groups excluding carboxylic acids is 2. The maximum atomic E-state index is 12.9. The number of benzene rings is 3. The zero-order valence-electron chi connectivity index (χ0n) is 16.6. The van der Waals surface area contributed by atoms with Gasteiger partial charge in [-0.15, -0.1) is 0 Å². The Labute approximate surface area is 189 Å². The second-order valence-corrected chi connectivity index (χ2v) is 7.92. The summed E-state index contributed by atoms with van der Waals surface area (Å²) >= 11 is 3.46. The summed E-state index contributed by atoms with van der Waals surface area (Å²) in [5.74, 6) is 0.199. The monoisotopic (exact) mass is 477 g/mol. The number of hydrogen-bond donors (Lipinski definition) is 0. The van der Waals surface area contributed by atoms with Crippen molar-refractivity contribution >= 4 is 34.0 Å². The van der Waals surface area contributed by atoms with Gasteiger partial charge >= 0.3 is 6.09 Å². The Bertz CT molecular complexity index is 1100. The van der Waals surface area contributed by atoms with Gasteiger partial charge in [-0.3, -0.25) is 4.79 Å². The Balaban J connectivity index is 1.52. The molecule has 0 aromatic heterocycles. The number of rotatable bonds is 6. The van der Waals surface area contributed by atoms with E-state index in [4.69, 9.17) is 9.47 Å². The summed E-state index contributed by atoms with van der Waals surface area (Å²) in [5, 5.41) is 0. The van der Waals surface area contributed by atoms with Crippen molar-refractivity contribution in [2.45, 2.75) is 12.6 Å². The Morgan fingerprint density at radius 2 is 1.77 bits per heavy atom. The highest BCUT2D eigenvalue weighted by Gasteiger charge is 2.37. The molecule has 1 unspecified atom stereocenters. The number of nitrogens with zero attached hydrogens (tertiary/aromatic N) is 1. The second kappa shape index (κ2) is 9.62. The van der Waals surface area contributed by atoms with Gasteiger partial charge < -0.3 is 9.47 Å². The van der Waals surface area contributed by atoms with Crippen molar-refractivity contribution in [2.24, 2.45) is 0 Å². The predicted octanol–water partition coefficient (Wildman–Crippen LogP) is 5.76. The van der Waals surface area contributed by atoms with Crippen LogP contribution in [0.4, 0.5) is 4.79 Å². The highest BCUT2D eigenvalue weighted by Crippen LogP contribution is 2.29. The van der Waals surface area contributed by atoms with E-state index in [0.717, 1.165) is 26.1 Å². The van der Waals surface area contributed by atoms with Crippen LogP contribution in [0, 0.1) is 0 Å². The summed E-state index contributed by atoms with van der Waals surface area (Å²) in [6, 6.07) is 24.4. The molecule has 1 heterocycles. The summed E-state index contributed by atoms with van der Waals surface area (Å²) in [5.41, 5.74) is 2.62. The molecule has 2 amide bonds. The summed E-state index contributed by atoms with van der Waals surface area (Å²) < 4.78 is 12.0. The smallest absolute Gasteiger partial charge is 0.417 e. The van der Waals surface area contributed by atoms with Gasteiger partial charge in [0.15, 0.2) is 0 Å². The third kappa shape index (κ3) is 5.03. The first-order chi connectivity index (χ1) is 15.1. The molecule has 0 spiro atoms. The van der Waals surface area contributed by atoms with Gasteiger partial charge in [0, 0.05) is 16.1 Å². The molecule has 0 radical (unpaired) electrons. The van der Waals surface area contributed by atoms with Crippen molar-refractivity contribution in [1.29, 1.82) is 0 Å². The first-order valence-electron chi connectivity index (χ1n) is 9.81. The van der Waals surface area contributed by atoms with Gasteiger partial charge in [-0.05, 0) is 35.4 Å². The van der Waals surface area contributed by atoms with Crippen molar-refractivity contribution in [2.75, 3.05) is 6.61 Å². The molecule has 3 aromatic carbocycles. The average molecular weight is 478 g/mol. The molecule has 3 aromatic rings. The minimum Gasteiger partial charge on any atom is -0.488 e. The Kier molecular flexibility index (Phi) is 6.48. The van der Waals surface area contributed by atoms with Crippen LogP contribution in [-0.2, 0) is 16.1 Å². The molecule has 0 bridgehead atoms. The lowest BCUT2D eigenvalue weighted by atomic mass is 10.1. The third-order valence-electron chi connectivity index (χ3n) is 4.91. The number of amides is 2. The molecule has 0 N–H and O–H groups in total. The fourth-order valence-corrected chi connectivity index (χ4v) is 3.72. The molecule has 31 heavy (non-hydrogen) atoms. The van der Waals surface area contributed by atoms with Crippen LogP contribution < -0.4 is 4.74 Å². The van der Waals surface area contributed by atoms with Crippen LogP contribution in [0.15, 0.2) is 89.4 Å². The maximum Gasteiger partial charge on any atom is 0.417 e. The highest BCUT2D eigenvalue weighted by atomic mass is 79.9. The van der Waals surface area contributed by atoms with Gasteiger partial charge in [0.1, 0.15) is 25.0 Å². The first kappa shape index (κ1) is 20.9. The second-order valence-electron chi connectivity index (χ2n) is 7.00. The molecule has 1 fully saturated rings. The van der Waals surface area contributed by atoms with Gasteiger partial charge in [0.2, 0.25) is 0 Å². The predicted molar refractivity (Wildman–Crippen MR) is 121 cm³/mol. The topological polar surface area (TPSA) is 55.8 Å². The Morgan fingerprint density at radius 1 is 1.06 bits per heavy atom. The van der Waals surface area contributed by atoms with E-state index in [1.165, 1.54) is 6.08 Å². The minimum atomic E-state index is -0.640. The number of carbonyl (C=O) groups is 2. The van der Waals surface area contributed by atoms with Crippen molar-refractivity contribution in [3.8, 4) is 5.75 Å². The fraction of sp³-hybridized carbons (Fsp3) is 0.120. The van der Waals surface area contributed by atoms with Crippen LogP contribution in [0.5, 0.6) is 5.75 Å². The molecule has 1 aliphatic rings. The van der Waals surface area contributed by atoms with Crippen LogP contribution in [0.25, 0.3) is 6.08 Å². The van der Waals surface area contributed by atoms with E-state index >= 15 is 0 Å². The molecule has 1 atom stereocenters. The number of cyclic esters (lactones) is 1. The Morgan fingerprint density at radius 3 is 2.52 bits per heavy atom. The van der Waals surface area contributed by atoms with Crippen LogP contribution >= 0.6 is 15.9 Å². The average Bonchev–Trinajstić information content (AvgIpc) is 3.19. The zero-order valence-corrected chi connectivity index (χ0v) is 18.2. The van der Waals surface area contributed by atoms with Crippen LogP contribution in [-0.4, -0.2) is 23.5 Å². The maximum absolute atomic E-state index is 12.9. The van der Waals surface area contributed by atoms with E-state index in [2.05, 4.69) is 15.9 Å². The molecule has 5 nitrogen and oxygen atoms in total. The number of halogens is 1. The Hall–Kier alpha value is -3.38. The molecule has 1 saturated heterocycles. The van der Waals surface area contributed by atoms with Crippen molar-refractivity contribution in [3.63, 3.8) is 0 Å². The molecule has 1 aliphatic heterocycles. The van der Waals surface area contributed by atoms with Crippen molar-refractivity contribution in [3.05, 3.63) is 106 Å². The minimum absolute atomic E-state index is 0.144. The largest absolute Gasteiger partial charge is 0.488 e. The molecule has 0 saturated carbocycles. The molecule has 6 heteroatoms. The number of imide groups is 1. The summed E-state index contributed by atoms with van der Waals surface area (Å²) in [6.07, 6.45) is 2.39. The fourth-order valence-electron chi connectivity index (χ4n) is 3.34. The van der Waals surface area contributed by atoms with Gasteiger partial charge in [-0.1, -0.05) is 76.6 Å². The standard InChI is InChI=1S/C25H20BrNO4/c26-21-12-13-23(30-16-18-7-3-1-4-8-18)20(15-21)11-14-24(28)27-22(17-31-25(27)29)19-9-5-2-6-10-19/h1-15,22H,16-17H2/b14-11+. The highest BCUT2D eigenvalue weighted by molar-refractivity contribution is 9.10. The van der Waals surface area contributed by atoms with Crippen LogP contribution in [0.3, 0.4) is 0 Å². The van der Waals surface area contributed by atoms with Gasteiger partial charge in [-0.25, -0.2) is 9.69 Å². The van der Waals surface area contributed by atoms with E-state index in [9.17, 15) is 9.59 Å². The molecular weight excluding hydrogens is 458 g/mol. The zero-order chi connectivity index (χ0) is 21.6. The SMILES string of the molecule is O=C(/C=C/c1cc(Br)ccc1OCc1ccccc1)N1C(=O)OCC1c1ccccc1. The van der Waals surface area contributed by atoms with Gasteiger partial charge in [0.05, 0.1) is 0 Å². The van der Waals surface area contributed by atoms with Gasteiger partial charge in [0.25, 0.3) is 5.91 Å². The lowest BCUT2D eigenvalue weighted by Gasteiger charge is -2.18. The third-order valence-corrected chi connectivity index (χ3v) is 5.40. The number of ether oxygens (including phenoxy) is 2. The van der Waals surface area contributed by atoms with E-state index in [-0.39, 0.29) is 6.61 Å². The quantitative estimate of drug-likeness (QED) is 0.423. The lowest BCUT2D eigenvalue weighted by Crippen LogP contribution is -2.32. The normalized spacial score (nSPS) is 15.8. The molecule has 0 aliphatic carbocycles. The summed E-state index contributed by atoms with van der Waals surface area (Å²) in [6.45, 7) is 0.552. The van der Waals surface area contributed by atoms with Crippen molar-refractivity contribution < 1.29 is 19.1 Å². The van der Waals surface area contributed by atoms with E-state index < -0.39 is 18.0 Å².